The van der Waals surface area contributed by atoms with Crippen molar-refractivity contribution in [3.63, 3.8) is 0 Å². The molecule has 0 bridgehead atoms. The third-order valence-corrected chi connectivity index (χ3v) is 6.39. The fourth-order valence-electron chi connectivity index (χ4n) is 3.78. The minimum atomic E-state index is -0.565. The number of piperidine rings is 1. The summed E-state index contributed by atoms with van der Waals surface area (Å²) in [5, 5.41) is 6.63. The number of nitrogens with zero attached hydrogens (tertiary/aromatic N) is 2. The van der Waals surface area contributed by atoms with Gasteiger partial charge in [-0.05, 0) is 23.8 Å². The smallest absolute Gasteiger partial charge is 0.272 e. The van der Waals surface area contributed by atoms with Crippen LogP contribution in [0.3, 0.4) is 0 Å². The number of benzene rings is 2. The van der Waals surface area contributed by atoms with Gasteiger partial charge in [-0.15, -0.1) is 0 Å². The summed E-state index contributed by atoms with van der Waals surface area (Å²) in [5.74, 6) is -0.177. The summed E-state index contributed by atoms with van der Waals surface area (Å²) in [5.41, 5.74) is 1.63. The quantitative estimate of drug-likeness (QED) is 0.678. The normalized spacial score (nSPS) is 18.2. The van der Waals surface area contributed by atoms with Gasteiger partial charge in [0.1, 0.15) is 11.4 Å². The van der Waals surface area contributed by atoms with E-state index in [2.05, 4.69) is 31.5 Å². The highest BCUT2D eigenvalue weighted by molar-refractivity contribution is 9.10. The van der Waals surface area contributed by atoms with E-state index in [9.17, 15) is 9.59 Å². The van der Waals surface area contributed by atoms with Gasteiger partial charge in [-0.2, -0.15) is 0 Å². The molecule has 1 spiro atoms. The topological polar surface area (TPSA) is 73.8 Å². The second kappa shape index (κ2) is 8.88. The molecule has 2 aliphatic heterocycles. The van der Waals surface area contributed by atoms with Crippen LogP contribution in [0.5, 0.6) is 0 Å². The molecule has 4 rings (SSSR count). The van der Waals surface area contributed by atoms with Crippen LogP contribution in [0.1, 0.15) is 24.0 Å². The first-order chi connectivity index (χ1) is 14.4. The lowest BCUT2D eigenvalue weighted by Gasteiger charge is -2.36. The maximum atomic E-state index is 12.5. The van der Waals surface area contributed by atoms with Crippen LogP contribution in [-0.4, -0.2) is 47.7 Å². The lowest BCUT2D eigenvalue weighted by molar-refractivity contribution is -0.123. The van der Waals surface area contributed by atoms with E-state index in [-0.39, 0.29) is 11.8 Å². The largest absolute Gasteiger partial charge is 0.351 e. The Hall–Kier alpha value is -2.22. The minimum Gasteiger partial charge on any atom is -0.351 e. The van der Waals surface area contributed by atoms with Gasteiger partial charge in [0, 0.05) is 47.5 Å². The fraction of sp³-hybridized carbons (Fsp3) is 0.318. The number of hydrogen-bond acceptors (Lipinski definition) is 4. The van der Waals surface area contributed by atoms with E-state index in [4.69, 9.17) is 16.6 Å². The molecule has 2 aliphatic rings. The molecule has 2 N–H and O–H groups in total. The van der Waals surface area contributed by atoms with E-state index in [1.54, 1.807) is 0 Å². The highest BCUT2D eigenvalue weighted by Gasteiger charge is 2.42. The summed E-state index contributed by atoms with van der Waals surface area (Å²) < 4.78 is 0.959. The van der Waals surface area contributed by atoms with Crippen LogP contribution < -0.4 is 10.6 Å². The molecule has 156 valence electrons. The first kappa shape index (κ1) is 21.0. The Morgan fingerprint density at radius 1 is 1.17 bits per heavy atom. The van der Waals surface area contributed by atoms with Gasteiger partial charge in [-0.3, -0.25) is 19.5 Å². The number of carbonyl (C=O) groups is 2. The zero-order valence-electron chi connectivity index (χ0n) is 16.3. The highest BCUT2D eigenvalue weighted by Crippen LogP contribution is 2.29. The predicted molar refractivity (Wildman–Crippen MR) is 121 cm³/mol. The number of rotatable bonds is 5. The average Bonchev–Trinajstić information content (AvgIpc) is 3.06. The van der Waals surface area contributed by atoms with Gasteiger partial charge in [0.2, 0.25) is 5.91 Å². The molecule has 2 heterocycles. The van der Waals surface area contributed by atoms with Crippen molar-refractivity contribution in [2.24, 2.45) is 4.99 Å². The standard InChI is InChI=1S/C22H22BrClN4O2/c23-17-7-5-15(6-8-17)20-21(30)27-22(26-20)9-11-28(12-10-22)14-19(29)25-13-16-3-1-2-4-18(16)24/h1-8H,9-14H2,(H,25,29)(H,27,30). The molecule has 0 aliphatic carbocycles. The van der Waals surface area contributed by atoms with Crippen molar-refractivity contribution in [3.8, 4) is 0 Å². The molecule has 2 amide bonds. The predicted octanol–water partition coefficient (Wildman–Crippen LogP) is 3.13. The Labute approximate surface area is 188 Å². The Bertz CT molecular complexity index is 985. The summed E-state index contributed by atoms with van der Waals surface area (Å²) >= 11 is 9.54. The van der Waals surface area contributed by atoms with Gasteiger partial charge in [-0.1, -0.05) is 57.9 Å². The van der Waals surface area contributed by atoms with Crippen LogP contribution in [-0.2, 0) is 16.1 Å². The third-order valence-electron chi connectivity index (χ3n) is 5.49. The Morgan fingerprint density at radius 2 is 1.87 bits per heavy atom. The van der Waals surface area contributed by atoms with Crippen LogP contribution in [0.4, 0.5) is 0 Å². The number of likely N-dealkylation sites (tertiary alicyclic amines) is 1. The van der Waals surface area contributed by atoms with Crippen molar-refractivity contribution in [1.82, 2.24) is 15.5 Å². The molecule has 0 atom stereocenters. The zero-order chi connectivity index (χ0) is 21.1. The number of halogens is 2. The van der Waals surface area contributed by atoms with Gasteiger partial charge in [-0.25, -0.2) is 0 Å². The van der Waals surface area contributed by atoms with Crippen LogP contribution in [0.2, 0.25) is 5.02 Å². The Kier molecular flexibility index (Phi) is 6.22. The summed E-state index contributed by atoms with van der Waals surface area (Å²) in [6, 6.07) is 15.1. The first-order valence-corrected chi connectivity index (χ1v) is 11.0. The molecule has 0 unspecified atom stereocenters. The van der Waals surface area contributed by atoms with E-state index in [0.29, 0.717) is 49.8 Å². The fourth-order valence-corrected chi connectivity index (χ4v) is 4.25. The lowest BCUT2D eigenvalue weighted by atomic mass is 9.98. The highest BCUT2D eigenvalue weighted by atomic mass is 79.9. The van der Waals surface area contributed by atoms with E-state index >= 15 is 0 Å². The lowest BCUT2D eigenvalue weighted by Crippen LogP contribution is -2.52. The molecule has 2 aromatic carbocycles. The zero-order valence-corrected chi connectivity index (χ0v) is 18.7. The van der Waals surface area contributed by atoms with Crippen LogP contribution in [0.25, 0.3) is 0 Å². The van der Waals surface area contributed by atoms with Gasteiger partial charge in [0.25, 0.3) is 5.91 Å². The van der Waals surface area contributed by atoms with Gasteiger partial charge in [0.05, 0.1) is 6.54 Å². The molecule has 30 heavy (non-hydrogen) atoms. The number of aliphatic imine (C=N–C) groups is 1. The van der Waals surface area contributed by atoms with Crippen LogP contribution in [0, 0.1) is 0 Å². The van der Waals surface area contributed by atoms with Gasteiger partial charge < -0.3 is 10.6 Å². The molecule has 0 saturated carbocycles. The summed E-state index contributed by atoms with van der Waals surface area (Å²) in [6.07, 6.45) is 1.35. The van der Waals surface area contributed by atoms with Crippen molar-refractivity contribution in [2.75, 3.05) is 19.6 Å². The molecule has 1 fully saturated rings. The second-order valence-corrected chi connectivity index (χ2v) is 8.92. The number of nitrogens with one attached hydrogen (secondary N) is 2. The maximum Gasteiger partial charge on any atom is 0.272 e. The monoisotopic (exact) mass is 488 g/mol. The molecule has 1 saturated heterocycles. The van der Waals surface area contributed by atoms with Crippen molar-refractivity contribution < 1.29 is 9.59 Å². The molecule has 2 aromatic rings. The van der Waals surface area contributed by atoms with E-state index in [1.807, 2.05) is 48.5 Å². The minimum absolute atomic E-state index is 0.0413. The van der Waals surface area contributed by atoms with Gasteiger partial charge >= 0.3 is 0 Å². The SMILES string of the molecule is O=C(CN1CCC2(CC1)N=C(c1ccc(Br)cc1)C(=O)N2)NCc1ccccc1Cl. The van der Waals surface area contributed by atoms with Crippen molar-refractivity contribution in [2.45, 2.75) is 25.0 Å². The van der Waals surface area contributed by atoms with Crippen molar-refractivity contribution >= 4 is 45.1 Å². The van der Waals surface area contributed by atoms with Crippen LogP contribution >= 0.6 is 27.5 Å². The number of hydrogen-bond donors (Lipinski definition) is 2. The molecule has 6 nitrogen and oxygen atoms in total. The van der Waals surface area contributed by atoms with Crippen LogP contribution in [0.15, 0.2) is 58.0 Å². The average molecular weight is 490 g/mol. The van der Waals surface area contributed by atoms with E-state index in [1.165, 1.54) is 0 Å². The summed E-state index contributed by atoms with van der Waals surface area (Å²) in [6.45, 7) is 2.11. The molecular weight excluding hydrogens is 468 g/mol. The molecule has 0 aromatic heterocycles. The number of amides is 2. The first-order valence-electron chi connectivity index (χ1n) is 9.85. The summed E-state index contributed by atoms with van der Waals surface area (Å²) in [7, 11) is 0. The Balaban J connectivity index is 1.31. The van der Waals surface area contributed by atoms with E-state index in [0.717, 1.165) is 15.6 Å². The second-order valence-electron chi connectivity index (χ2n) is 7.60. The molecular formula is C22H22BrClN4O2. The molecule has 0 radical (unpaired) electrons. The van der Waals surface area contributed by atoms with Crippen molar-refractivity contribution in [1.29, 1.82) is 0 Å². The maximum absolute atomic E-state index is 12.5. The molecule has 8 heteroatoms. The van der Waals surface area contributed by atoms with Crippen molar-refractivity contribution in [3.05, 3.63) is 69.2 Å². The van der Waals surface area contributed by atoms with Gasteiger partial charge in [0.15, 0.2) is 0 Å². The Morgan fingerprint density at radius 3 is 2.57 bits per heavy atom. The summed E-state index contributed by atoms with van der Waals surface area (Å²) in [4.78, 5) is 31.7. The van der Waals surface area contributed by atoms with E-state index < -0.39 is 5.66 Å². The third kappa shape index (κ3) is 4.74. The number of carbonyl (C=O) groups excluding carboxylic acids is 2.